The zero-order valence-corrected chi connectivity index (χ0v) is 12.6. The minimum Gasteiger partial charge on any atom is -0.313 e. The SMILES string of the molecule is CC(C)NCC1CCCCN1Cc1ccccc1C#N. The van der Waals surface area contributed by atoms with Crippen LogP contribution in [-0.2, 0) is 6.54 Å². The average Bonchev–Trinajstić information content (AvgIpc) is 2.47. The number of benzene rings is 1. The lowest BCUT2D eigenvalue weighted by Gasteiger charge is -2.36. The summed E-state index contributed by atoms with van der Waals surface area (Å²) in [5.74, 6) is 0. The Bertz CT molecular complexity index is 462. The second-order valence-electron chi connectivity index (χ2n) is 5.95. The van der Waals surface area contributed by atoms with E-state index in [9.17, 15) is 5.26 Å². The van der Waals surface area contributed by atoms with Crippen molar-refractivity contribution in [2.75, 3.05) is 13.1 Å². The molecule has 1 aliphatic rings. The van der Waals surface area contributed by atoms with Gasteiger partial charge >= 0.3 is 0 Å². The second-order valence-corrected chi connectivity index (χ2v) is 5.95. The maximum absolute atomic E-state index is 9.21. The first-order valence-corrected chi connectivity index (χ1v) is 7.66. The summed E-state index contributed by atoms with van der Waals surface area (Å²) in [7, 11) is 0. The minimum absolute atomic E-state index is 0.533. The standard InChI is InChI=1S/C17H25N3/c1-14(2)19-12-17-9-5-6-10-20(17)13-16-8-4-3-7-15(16)11-18/h3-4,7-8,14,17,19H,5-6,9-10,12-13H2,1-2H3. The number of nitriles is 1. The van der Waals surface area contributed by atoms with Crippen LogP contribution in [0.2, 0.25) is 0 Å². The van der Waals surface area contributed by atoms with Gasteiger partial charge in [-0.15, -0.1) is 0 Å². The molecule has 1 aliphatic heterocycles. The van der Waals surface area contributed by atoms with Gasteiger partial charge in [0.1, 0.15) is 0 Å². The first-order valence-electron chi connectivity index (χ1n) is 7.66. The molecule has 1 N–H and O–H groups in total. The lowest BCUT2D eigenvalue weighted by molar-refractivity contribution is 0.135. The third-order valence-corrected chi connectivity index (χ3v) is 4.02. The third kappa shape index (κ3) is 4.06. The molecule has 1 saturated heterocycles. The first kappa shape index (κ1) is 15.0. The Hall–Kier alpha value is -1.37. The number of hydrogen-bond donors (Lipinski definition) is 1. The molecule has 0 spiro atoms. The Morgan fingerprint density at radius 3 is 2.90 bits per heavy atom. The molecule has 1 unspecified atom stereocenters. The lowest BCUT2D eigenvalue weighted by atomic mass is 9.99. The molecule has 0 bridgehead atoms. The van der Waals surface area contributed by atoms with E-state index in [1.165, 1.54) is 19.3 Å². The number of piperidine rings is 1. The molecule has 2 rings (SSSR count). The van der Waals surface area contributed by atoms with Gasteiger partial charge in [0, 0.05) is 25.2 Å². The van der Waals surface area contributed by atoms with Crippen LogP contribution in [0.4, 0.5) is 0 Å². The molecule has 108 valence electrons. The molecular formula is C17H25N3. The number of rotatable bonds is 5. The smallest absolute Gasteiger partial charge is 0.0995 e. The van der Waals surface area contributed by atoms with E-state index < -0.39 is 0 Å². The minimum atomic E-state index is 0.533. The van der Waals surface area contributed by atoms with Crippen molar-refractivity contribution >= 4 is 0 Å². The van der Waals surface area contributed by atoms with Crippen LogP contribution in [0.1, 0.15) is 44.2 Å². The van der Waals surface area contributed by atoms with E-state index in [0.717, 1.165) is 30.8 Å². The van der Waals surface area contributed by atoms with Gasteiger partial charge in [-0.1, -0.05) is 38.5 Å². The predicted molar refractivity (Wildman–Crippen MR) is 82.3 cm³/mol. The van der Waals surface area contributed by atoms with Crippen LogP contribution in [0.5, 0.6) is 0 Å². The first-order chi connectivity index (χ1) is 9.70. The number of nitrogens with one attached hydrogen (secondary N) is 1. The van der Waals surface area contributed by atoms with E-state index in [0.29, 0.717) is 12.1 Å². The molecule has 1 fully saturated rings. The largest absolute Gasteiger partial charge is 0.313 e. The molecule has 3 heteroatoms. The highest BCUT2D eigenvalue weighted by atomic mass is 15.2. The Kier molecular flexibility index (Phi) is 5.58. The number of hydrogen-bond acceptors (Lipinski definition) is 3. The van der Waals surface area contributed by atoms with Crippen molar-refractivity contribution in [3.63, 3.8) is 0 Å². The molecule has 0 radical (unpaired) electrons. The normalized spacial score (nSPS) is 20.0. The van der Waals surface area contributed by atoms with E-state index in [2.05, 4.69) is 36.2 Å². The monoisotopic (exact) mass is 271 g/mol. The fourth-order valence-corrected chi connectivity index (χ4v) is 2.86. The number of likely N-dealkylation sites (tertiary alicyclic amines) is 1. The van der Waals surface area contributed by atoms with Crippen LogP contribution in [0.3, 0.4) is 0 Å². The molecule has 1 atom stereocenters. The molecule has 0 saturated carbocycles. The Balaban J connectivity index is 2.03. The van der Waals surface area contributed by atoms with E-state index >= 15 is 0 Å². The van der Waals surface area contributed by atoms with Gasteiger partial charge in [-0.05, 0) is 31.0 Å². The highest BCUT2D eigenvalue weighted by molar-refractivity contribution is 5.37. The molecule has 0 amide bonds. The maximum atomic E-state index is 9.21. The Morgan fingerprint density at radius 2 is 2.15 bits per heavy atom. The van der Waals surface area contributed by atoms with Crippen molar-refractivity contribution in [1.29, 1.82) is 5.26 Å². The molecule has 1 aromatic rings. The van der Waals surface area contributed by atoms with Crippen LogP contribution < -0.4 is 5.32 Å². The van der Waals surface area contributed by atoms with Gasteiger partial charge in [-0.25, -0.2) is 0 Å². The lowest BCUT2D eigenvalue weighted by Crippen LogP contribution is -2.46. The van der Waals surface area contributed by atoms with Gasteiger partial charge in [0.2, 0.25) is 0 Å². The molecule has 20 heavy (non-hydrogen) atoms. The van der Waals surface area contributed by atoms with Crippen LogP contribution >= 0.6 is 0 Å². The summed E-state index contributed by atoms with van der Waals surface area (Å²) in [6, 6.07) is 11.4. The fraction of sp³-hybridized carbons (Fsp3) is 0.588. The van der Waals surface area contributed by atoms with Crippen molar-refractivity contribution in [2.45, 2.75) is 51.7 Å². The zero-order valence-electron chi connectivity index (χ0n) is 12.6. The summed E-state index contributed by atoms with van der Waals surface area (Å²) in [6.45, 7) is 7.47. The molecular weight excluding hydrogens is 246 g/mol. The van der Waals surface area contributed by atoms with Crippen LogP contribution in [0.15, 0.2) is 24.3 Å². The van der Waals surface area contributed by atoms with Crippen LogP contribution in [0.25, 0.3) is 0 Å². The zero-order chi connectivity index (χ0) is 14.4. The van der Waals surface area contributed by atoms with Gasteiger partial charge in [0.25, 0.3) is 0 Å². The van der Waals surface area contributed by atoms with Crippen LogP contribution in [-0.4, -0.2) is 30.1 Å². The van der Waals surface area contributed by atoms with E-state index in [-0.39, 0.29) is 0 Å². The van der Waals surface area contributed by atoms with Gasteiger partial charge in [0.15, 0.2) is 0 Å². The van der Waals surface area contributed by atoms with Crippen molar-refractivity contribution in [2.24, 2.45) is 0 Å². The topological polar surface area (TPSA) is 39.1 Å². The highest BCUT2D eigenvalue weighted by Gasteiger charge is 2.22. The van der Waals surface area contributed by atoms with Crippen molar-refractivity contribution in [1.82, 2.24) is 10.2 Å². The van der Waals surface area contributed by atoms with Gasteiger partial charge in [-0.2, -0.15) is 5.26 Å². The van der Waals surface area contributed by atoms with Crippen molar-refractivity contribution in [3.05, 3.63) is 35.4 Å². The fourth-order valence-electron chi connectivity index (χ4n) is 2.86. The summed E-state index contributed by atoms with van der Waals surface area (Å²) in [6.07, 6.45) is 3.85. The molecule has 1 aromatic carbocycles. The van der Waals surface area contributed by atoms with Gasteiger partial charge in [0.05, 0.1) is 11.6 Å². The van der Waals surface area contributed by atoms with Crippen LogP contribution in [0, 0.1) is 11.3 Å². The Labute approximate surface area is 122 Å². The predicted octanol–water partition coefficient (Wildman–Crippen LogP) is 2.91. The summed E-state index contributed by atoms with van der Waals surface area (Å²) in [5, 5.41) is 12.8. The van der Waals surface area contributed by atoms with Gasteiger partial charge in [-0.3, -0.25) is 4.90 Å². The third-order valence-electron chi connectivity index (χ3n) is 4.02. The number of nitrogens with zero attached hydrogens (tertiary/aromatic N) is 2. The second kappa shape index (κ2) is 7.42. The molecule has 0 aliphatic carbocycles. The molecule has 1 heterocycles. The van der Waals surface area contributed by atoms with E-state index in [1.807, 2.05) is 18.2 Å². The van der Waals surface area contributed by atoms with E-state index in [1.54, 1.807) is 0 Å². The molecule has 3 nitrogen and oxygen atoms in total. The van der Waals surface area contributed by atoms with Crippen molar-refractivity contribution < 1.29 is 0 Å². The van der Waals surface area contributed by atoms with E-state index in [4.69, 9.17) is 0 Å². The summed E-state index contributed by atoms with van der Waals surface area (Å²) in [5.41, 5.74) is 1.97. The highest BCUT2D eigenvalue weighted by Crippen LogP contribution is 2.20. The maximum Gasteiger partial charge on any atom is 0.0995 e. The van der Waals surface area contributed by atoms with Crippen molar-refractivity contribution in [3.8, 4) is 6.07 Å². The Morgan fingerprint density at radius 1 is 1.35 bits per heavy atom. The van der Waals surface area contributed by atoms with Gasteiger partial charge < -0.3 is 5.32 Å². The molecule has 0 aromatic heterocycles. The quantitative estimate of drug-likeness (QED) is 0.895. The summed E-state index contributed by atoms with van der Waals surface area (Å²) < 4.78 is 0. The summed E-state index contributed by atoms with van der Waals surface area (Å²) in [4.78, 5) is 2.54. The summed E-state index contributed by atoms with van der Waals surface area (Å²) >= 11 is 0. The average molecular weight is 271 g/mol.